The molecule has 0 fully saturated rings. The first kappa shape index (κ1) is 11.7. The molecule has 0 saturated carbocycles. The number of carbonyl (C=O) groups excluding carboxylic acids is 1. The fourth-order valence-corrected chi connectivity index (χ4v) is 1.01. The minimum Gasteiger partial charge on any atom is -0.435 e. The van der Waals surface area contributed by atoms with Crippen LogP contribution in [0.3, 0.4) is 0 Å². The van der Waals surface area contributed by atoms with Crippen LogP contribution in [0.1, 0.15) is 0 Å². The van der Waals surface area contributed by atoms with E-state index in [0.29, 0.717) is 5.69 Å². The van der Waals surface area contributed by atoms with Crippen LogP contribution >= 0.6 is 11.6 Å². The van der Waals surface area contributed by atoms with Crippen molar-refractivity contribution >= 4 is 23.2 Å². The summed E-state index contributed by atoms with van der Waals surface area (Å²) in [5.41, 5.74) is 0.360. The summed E-state index contributed by atoms with van der Waals surface area (Å²) in [5.74, 6) is -0.622. The first-order valence-corrected chi connectivity index (χ1v) is 4.56. The van der Waals surface area contributed by atoms with Gasteiger partial charge in [-0.15, -0.1) is 11.6 Å². The summed E-state index contributed by atoms with van der Waals surface area (Å²) in [6.07, 6.45) is 0. The lowest BCUT2D eigenvalue weighted by atomic mass is 10.3. The number of carbonyl (C=O) groups is 1. The molecule has 6 heteroatoms. The van der Waals surface area contributed by atoms with E-state index < -0.39 is 12.5 Å². The monoisotopic (exact) mass is 235 g/mol. The number of hydrogen-bond acceptors (Lipinski definition) is 2. The van der Waals surface area contributed by atoms with Crippen molar-refractivity contribution < 1.29 is 18.3 Å². The van der Waals surface area contributed by atoms with Crippen molar-refractivity contribution in [3.63, 3.8) is 0 Å². The maximum absolute atomic E-state index is 11.9. The number of benzene rings is 1. The normalized spacial score (nSPS) is 10.1. The van der Waals surface area contributed by atoms with Crippen molar-refractivity contribution in [1.29, 1.82) is 0 Å². The Hall–Kier alpha value is -1.36. The summed E-state index contributed by atoms with van der Waals surface area (Å²) < 4.78 is 27.9. The lowest BCUT2D eigenvalue weighted by Crippen LogP contribution is -2.12. The maximum Gasteiger partial charge on any atom is 0.387 e. The van der Waals surface area contributed by atoms with Crippen molar-refractivity contribution in [1.82, 2.24) is 0 Å². The van der Waals surface area contributed by atoms with E-state index in [1.54, 1.807) is 6.07 Å². The molecule has 1 amide bonds. The van der Waals surface area contributed by atoms with Gasteiger partial charge in [-0.1, -0.05) is 6.07 Å². The van der Waals surface area contributed by atoms with Gasteiger partial charge in [-0.05, 0) is 12.1 Å². The molecule has 15 heavy (non-hydrogen) atoms. The average molecular weight is 236 g/mol. The largest absolute Gasteiger partial charge is 0.435 e. The first-order chi connectivity index (χ1) is 7.11. The van der Waals surface area contributed by atoms with Crippen molar-refractivity contribution in [3.8, 4) is 5.75 Å². The molecular weight excluding hydrogens is 228 g/mol. The Morgan fingerprint density at radius 2 is 2.27 bits per heavy atom. The topological polar surface area (TPSA) is 38.3 Å². The van der Waals surface area contributed by atoms with E-state index in [9.17, 15) is 13.6 Å². The van der Waals surface area contributed by atoms with Gasteiger partial charge in [-0.2, -0.15) is 8.78 Å². The highest BCUT2D eigenvalue weighted by molar-refractivity contribution is 6.29. The van der Waals surface area contributed by atoms with Crippen LogP contribution in [0.2, 0.25) is 0 Å². The molecule has 1 aromatic carbocycles. The van der Waals surface area contributed by atoms with Crippen LogP contribution in [0.5, 0.6) is 5.75 Å². The van der Waals surface area contributed by atoms with Crippen molar-refractivity contribution in [2.24, 2.45) is 0 Å². The minimum atomic E-state index is -2.89. The van der Waals surface area contributed by atoms with E-state index in [1.807, 2.05) is 0 Å². The molecule has 1 N–H and O–H groups in total. The van der Waals surface area contributed by atoms with Crippen LogP contribution < -0.4 is 10.1 Å². The van der Waals surface area contributed by atoms with E-state index in [1.165, 1.54) is 18.2 Å². The van der Waals surface area contributed by atoms with Gasteiger partial charge in [0.25, 0.3) is 0 Å². The summed E-state index contributed by atoms with van der Waals surface area (Å²) in [5, 5.41) is 2.41. The van der Waals surface area contributed by atoms with Crippen molar-refractivity contribution in [2.75, 3.05) is 11.2 Å². The number of alkyl halides is 3. The molecule has 0 radical (unpaired) electrons. The second-order valence-corrected chi connectivity index (χ2v) is 2.86. The zero-order valence-electron chi connectivity index (χ0n) is 7.54. The van der Waals surface area contributed by atoms with E-state index in [2.05, 4.69) is 10.1 Å². The molecule has 0 unspecified atom stereocenters. The quantitative estimate of drug-likeness (QED) is 0.815. The minimum absolute atomic E-state index is 0.0163. The van der Waals surface area contributed by atoms with Gasteiger partial charge >= 0.3 is 6.61 Å². The second-order valence-electron chi connectivity index (χ2n) is 2.59. The number of hydrogen-bond donors (Lipinski definition) is 1. The van der Waals surface area contributed by atoms with Gasteiger partial charge in [0.2, 0.25) is 5.91 Å². The molecule has 0 aliphatic rings. The maximum atomic E-state index is 11.9. The van der Waals surface area contributed by atoms with Gasteiger partial charge < -0.3 is 10.1 Å². The Kier molecular flexibility index (Phi) is 4.30. The highest BCUT2D eigenvalue weighted by Crippen LogP contribution is 2.19. The van der Waals surface area contributed by atoms with Gasteiger partial charge in [-0.25, -0.2) is 0 Å². The molecule has 82 valence electrons. The summed E-state index contributed by atoms with van der Waals surface area (Å²) in [7, 11) is 0. The van der Waals surface area contributed by atoms with Crippen molar-refractivity contribution in [3.05, 3.63) is 24.3 Å². The van der Waals surface area contributed by atoms with Crippen LogP contribution in [-0.4, -0.2) is 18.4 Å². The third kappa shape index (κ3) is 4.12. The summed E-state index contributed by atoms with van der Waals surface area (Å²) in [6.45, 7) is -2.89. The van der Waals surface area contributed by atoms with Crippen LogP contribution in [0.15, 0.2) is 24.3 Å². The summed E-state index contributed by atoms with van der Waals surface area (Å²) in [6, 6.07) is 5.68. The predicted molar refractivity (Wildman–Crippen MR) is 52.4 cm³/mol. The molecule has 0 aliphatic carbocycles. The molecule has 0 atom stereocenters. The zero-order chi connectivity index (χ0) is 11.3. The molecule has 0 bridgehead atoms. The Morgan fingerprint density at radius 1 is 1.53 bits per heavy atom. The molecule has 0 saturated heterocycles. The summed E-state index contributed by atoms with van der Waals surface area (Å²) in [4.78, 5) is 10.9. The number of nitrogens with one attached hydrogen (secondary N) is 1. The van der Waals surface area contributed by atoms with E-state index in [4.69, 9.17) is 11.6 Å². The van der Waals surface area contributed by atoms with E-state index in [0.717, 1.165) is 0 Å². The van der Waals surface area contributed by atoms with Crippen molar-refractivity contribution in [2.45, 2.75) is 6.61 Å². The third-order valence-corrected chi connectivity index (χ3v) is 1.71. The number of ether oxygens (including phenoxy) is 1. The first-order valence-electron chi connectivity index (χ1n) is 4.02. The smallest absolute Gasteiger partial charge is 0.387 e. The van der Waals surface area contributed by atoms with Crippen LogP contribution in [-0.2, 0) is 4.79 Å². The Morgan fingerprint density at radius 3 is 2.87 bits per heavy atom. The number of anilines is 1. The molecule has 0 aliphatic heterocycles. The Balaban J connectivity index is 2.69. The molecule has 3 nitrogen and oxygen atoms in total. The SMILES string of the molecule is O=C(CCl)Nc1cccc(OC(F)F)c1. The summed E-state index contributed by atoms with van der Waals surface area (Å²) >= 11 is 5.26. The Labute approximate surface area is 90.0 Å². The highest BCUT2D eigenvalue weighted by Gasteiger charge is 2.05. The Bertz CT molecular complexity index is 347. The fourth-order valence-electron chi connectivity index (χ4n) is 0.944. The van der Waals surface area contributed by atoms with Crippen LogP contribution in [0.4, 0.5) is 14.5 Å². The number of rotatable bonds is 4. The number of amides is 1. The average Bonchev–Trinajstić information content (AvgIpc) is 2.17. The van der Waals surface area contributed by atoms with Gasteiger partial charge in [-0.3, -0.25) is 4.79 Å². The van der Waals surface area contributed by atoms with E-state index in [-0.39, 0.29) is 11.6 Å². The van der Waals surface area contributed by atoms with Crippen LogP contribution in [0, 0.1) is 0 Å². The lowest BCUT2D eigenvalue weighted by molar-refractivity contribution is -0.113. The van der Waals surface area contributed by atoms with Gasteiger partial charge in [0.1, 0.15) is 11.6 Å². The second kappa shape index (κ2) is 5.50. The van der Waals surface area contributed by atoms with Gasteiger partial charge in [0.05, 0.1) is 0 Å². The van der Waals surface area contributed by atoms with Gasteiger partial charge in [0, 0.05) is 11.8 Å². The standard InChI is InChI=1S/C9H8ClF2NO2/c10-5-8(14)13-6-2-1-3-7(4-6)15-9(11)12/h1-4,9H,5H2,(H,13,14). The molecule has 1 rings (SSSR count). The van der Waals surface area contributed by atoms with Crippen LogP contribution in [0.25, 0.3) is 0 Å². The van der Waals surface area contributed by atoms with Gasteiger partial charge in [0.15, 0.2) is 0 Å². The predicted octanol–water partition coefficient (Wildman–Crippen LogP) is 2.47. The molecular formula is C9H8ClF2NO2. The number of halogens is 3. The molecule has 0 heterocycles. The van der Waals surface area contributed by atoms with E-state index >= 15 is 0 Å². The highest BCUT2D eigenvalue weighted by atomic mass is 35.5. The lowest BCUT2D eigenvalue weighted by Gasteiger charge is -2.07. The molecule has 0 spiro atoms. The zero-order valence-corrected chi connectivity index (χ0v) is 8.30. The molecule has 1 aromatic rings. The molecule has 0 aromatic heterocycles. The third-order valence-electron chi connectivity index (χ3n) is 1.46. The fraction of sp³-hybridized carbons (Fsp3) is 0.222.